The minimum atomic E-state index is -0.526. The van der Waals surface area contributed by atoms with Crippen LogP contribution < -0.4 is 9.64 Å². The Balaban J connectivity index is 1.74. The van der Waals surface area contributed by atoms with Crippen LogP contribution in [0.25, 0.3) is 0 Å². The van der Waals surface area contributed by atoms with Gasteiger partial charge in [-0.25, -0.2) is 4.98 Å². The molecule has 0 radical (unpaired) electrons. The Morgan fingerprint density at radius 3 is 2.67 bits per heavy atom. The van der Waals surface area contributed by atoms with Crippen LogP contribution in [-0.2, 0) is 11.4 Å². The van der Waals surface area contributed by atoms with Gasteiger partial charge in [0.2, 0.25) is 5.91 Å². The monoisotopic (exact) mass is 403 g/mol. The summed E-state index contributed by atoms with van der Waals surface area (Å²) in [6.45, 7) is 1.59. The molecular weight excluding hydrogens is 390 g/mol. The number of hydrogen-bond donors (Lipinski definition) is 0. The minimum Gasteiger partial charge on any atom is -0.486 e. The number of non-ortho nitro benzene ring substituents is 1. The van der Waals surface area contributed by atoms with Crippen LogP contribution in [-0.4, -0.2) is 15.8 Å². The Labute approximate surface area is 163 Å². The van der Waals surface area contributed by atoms with Crippen molar-refractivity contribution in [1.82, 2.24) is 4.98 Å². The zero-order valence-electron chi connectivity index (χ0n) is 14.2. The number of nitrogens with zero attached hydrogens (tertiary/aromatic N) is 3. The fraction of sp³-hybridized carbons (Fsp3) is 0.111. The van der Waals surface area contributed by atoms with Crippen LogP contribution in [0.2, 0.25) is 5.02 Å². The summed E-state index contributed by atoms with van der Waals surface area (Å²) in [5.74, 6) is 0.171. The van der Waals surface area contributed by atoms with Gasteiger partial charge in [0.25, 0.3) is 5.69 Å². The summed E-state index contributed by atoms with van der Waals surface area (Å²) in [7, 11) is 0. The Morgan fingerprint density at radius 1 is 1.30 bits per heavy atom. The van der Waals surface area contributed by atoms with Crippen molar-refractivity contribution in [2.45, 2.75) is 13.5 Å². The van der Waals surface area contributed by atoms with E-state index in [1.807, 2.05) is 30.3 Å². The van der Waals surface area contributed by atoms with E-state index >= 15 is 0 Å². The van der Waals surface area contributed by atoms with Crippen molar-refractivity contribution in [3.05, 3.63) is 74.7 Å². The van der Waals surface area contributed by atoms with E-state index < -0.39 is 4.92 Å². The Bertz CT molecular complexity index is 978. The highest BCUT2D eigenvalue weighted by molar-refractivity contribution is 7.14. The molecule has 7 nitrogen and oxygen atoms in total. The van der Waals surface area contributed by atoms with Crippen molar-refractivity contribution in [2.24, 2.45) is 0 Å². The average Bonchev–Trinajstić information content (AvgIpc) is 3.09. The lowest BCUT2D eigenvalue weighted by atomic mass is 10.3. The van der Waals surface area contributed by atoms with Crippen LogP contribution in [0.5, 0.6) is 5.75 Å². The maximum Gasteiger partial charge on any atom is 0.271 e. The highest BCUT2D eigenvalue weighted by Gasteiger charge is 2.18. The molecule has 3 aromatic rings. The van der Waals surface area contributed by atoms with Crippen LogP contribution in [0.3, 0.4) is 0 Å². The van der Waals surface area contributed by atoms with Crippen molar-refractivity contribution in [2.75, 3.05) is 4.90 Å². The molecule has 27 heavy (non-hydrogen) atoms. The summed E-state index contributed by atoms with van der Waals surface area (Å²) in [4.78, 5) is 28.2. The predicted molar refractivity (Wildman–Crippen MR) is 104 cm³/mol. The first-order chi connectivity index (χ1) is 13.0. The minimum absolute atomic E-state index is 0.108. The van der Waals surface area contributed by atoms with Crippen LogP contribution in [0.1, 0.15) is 12.6 Å². The first kappa shape index (κ1) is 18.8. The molecule has 0 saturated carbocycles. The van der Waals surface area contributed by atoms with Gasteiger partial charge in [0.1, 0.15) is 12.4 Å². The summed E-state index contributed by atoms with van der Waals surface area (Å²) in [5.41, 5.74) is 1.24. The second-order valence-electron chi connectivity index (χ2n) is 5.47. The maximum atomic E-state index is 12.1. The van der Waals surface area contributed by atoms with E-state index in [-0.39, 0.29) is 23.2 Å². The molecule has 1 amide bonds. The topological polar surface area (TPSA) is 85.6 Å². The van der Waals surface area contributed by atoms with Crippen molar-refractivity contribution in [3.8, 4) is 5.75 Å². The molecule has 9 heteroatoms. The number of ether oxygens (including phenoxy) is 1. The SMILES string of the molecule is CC(=O)N(c1ccccc1)c1nc(COc2ccc([N+](=O)[O-])cc2Cl)cs1. The highest BCUT2D eigenvalue weighted by atomic mass is 35.5. The van der Waals surface area contributed by atoms with Gasteiger partial charge in [0.05, 0.1) is 21.3 Å². The van der Waals surface area contributed by atoms with Gasteiger partial charge in [-0.15, -0.1) is 11.3 Å². The molecular formula is C18H14ClN3O4S. The van der Waals surface area contributed by atoms with Crippen LogP contribution in [0, 0.1) is 10.1 Å². The lowest BCUT2D eigenvalue weighted by molar-refractivity contribution is -0.384. The quantitative estimate of drug-likeness (QED) is 0.428. The molecule has 1 heterocycles. The number of nitro groups is 1. The van der Waals surface area contributed by atoms with Crippen LogP contribution in [0.4, 0.5) is 16.5 Å². The zero-order chi connectivity index (χ0) is 19.4. The van der Waals surface area contributed by atoms with Gasteiger partial charge in [-0.2, -0.15) is 0 Å². The number of anilines is 2. The zero-order valence-corrected chi connectivity index (χ0v) is 15.7. The largest absolute Gasteiger partial charge is 0.486 e. The molecule has 0 unspecified atom stereocenters. The van der Waals surface area contributed by atoms with Gasteiger partial charge in [0.15, 0.2) is 5.13 Å². The second kappa shape index (κ2) is 8.15. The molecule has 0 saturated heterocycles. The molecule has 0 atom stereocenters. The van der Waals surface area contributed by atoms with Gasteiger partial charge >= 0.3 is 0 Å². The van der Waals surface area contributed by atoms with E-state index in [9.17, 15) is 14.9 Å². The fourth-order valence-corrected chi connectivity index (χ4v) is 3.44. The molecule has 3 rings (SSSR count). The number of thiazole rings is 1. The molecule has 0 N–H and O–H groups in total. The second-order valence-corrected chi connectivity index (χ2v) is 6.72. The van der Waals surface area contributed by atoms with Crippen molar-refractivity contribution >= 4 is 45.4 Å². The number of benzene rings is 2. The number of halogens is 1. The van der Waals surface area contributed by atoms with E-state index in [2.05, 4.69) is 4.98 Å². The van der Waals surface area contributed by atoms with E-state index in [0.29, 0.717) is 16.6 Å². The van der Waals surface area contributed by atoms with E-state index in [1.54, 1.807) is 5.38 Å². The summed E-state index contributed by atoms with van der Waals surface area (Å²) in [5, 5.41) is 13.2. The summed E-state index contributed by atoms with van der Waals surface area (Å²) in [6, 6.07) is 13.2. The number of rotatable bonds is 6. The van der Waals surface area contributed by atoms with E-state index in [0.717, 1.165) is 5.69 Å². The normalized spacial score (nSPS) is 10.4. The van der Waals surface area contributed by atoms with Crippen molar-refractivity contribution in [3.63, 3.8) is 0 Å². The third kappa shape index (κ3) is 4.42. The molecule has 0 bridgehead atoms. The van der Waals surface area contributed by atoms with E-state index in [1.165, 1.54) is 41.4 Å². The number of aromatic nitrogens is 1. The third-order valence-corrected chi connectivity index (χ3v) is 4.73. The fourth-order valence-electron chi connectivity index (χ4n) is 2.34. The number of amides is 1. The number of hydrogen-bond acceptors (Lipinski definition) is 6. The summed E-state index contributed by atoms with van der Waals surface area (Å²) in [6.07, 6.45) is 0. The van der Waals surface area contributed by atoms with Gasteiger partial charge < -0.3 is 4.74 Å². The molecule has 0 fully saturated rings. The van der Waals surface area contributed by atoms with E-state index in [4.69, 9.17) is 16.3 Å². The maximum absolute atomic E-state index is 12.1. The van der Waals surface area contributed by atoms with Crippen LogP contribution >= 0.6 is 22.9 Å². The molecule has 0 aliphatic heterocycles. The average molecular weight is 404 g/mol. The Kier molecular flexibility index (Phi) is 5.68. The predicted octanol–water partition coefficient (Wildman–Crippen LogP) is 4.97. The van der Waals surface area contributed by atoms with Crippen molar-refractivity contribution in [1.29, 1.82) is 0 Å². The van der Waals surface area contributed by atoms with Crippen LogP contribution in [0.15, 0.2) is 53.9 Å². The molecule has 2 aromatic carbocycles. The summed E-state index contributed by atoms with van der Waals surface area (Å²) < 4.78 is 5.60. The number of carbonyl (C=O) groups is 1. The number of carbonyl (C=O) groups excluding carboxylic acids is 1. The van der Waals surface area contributed by atoms with Crippen molar-refractivity contribution < 1.29 is 14.5 Å². The standard InChI is InChI=1S/C18H14ClN3O4S/c1-12(23)21(14-5-3-2-4-6-14)18-20-13(11-27-18)10-26-17-8-7-15(22(24)25)9-16(17)19/h2-9,11H,10H2,1H3. The first-order valence-corrected chi connectivity index (χ1v) is 9.08. The molecule has 0 aliphatic carbocycles. The smallest absolute Gasteiger partial charge is 0.271 e. The highest BCUT2D eigenvalue weighted by Crippen LogP contribution is 2.31. The third-order valence-electron chi connectivity index (χ3n) is 3.56. The first-order valence-electron chi connectivity index (χ1n) is 7.82. The lowest BCUT2D eigenvalue weighted by Gasteiger charge is -2.17. The summed E-state index contributed by atoms with van der Waals surface area (Å²) >= 11 is 7.34. The Morgan fingerprint density at radius 2 is 2.04 bits per heavy atom. The van der Waals surface area contributed by atoms with Gasteiger partial charge in [-0.1, -0.05) is 29.8 Å². The number of para-hydroxylation sites is 1. The number of nitro benzene ring substituents is 1. The van der Waals surface area contributed by atoms with Gasteiger partial charge in [-0.05, 0) is 18.2 Å². The Hall–Kier alpha value is -2.97. The molecule has 0 spiro atoms. The molecule has 0 aliphatic rings. The molecule has 138 valence electrons. The lowest BCUT2D eigenvalue weighted by Crippen LogP contribution is -2.22. The van der Waals surface area contributed by atoms with Gasteiger partial charge in [0, 0.05) is 24.4 Å². The molecule has 1 aromatic heterocycles. The van der Waals surface area contributed by atoms with Gasteiger partial charge in [-0.3, -0.25) is 19.8 Å².